The Balaban J connectivity index is 2.31. The van der Waals surface area contributed by atoms with Crippen molar-refractivity contribution < 1.29 is 9.50 Å². The van der Waals surface area contributed by atoms with Crippen molar-refractivity contribution >= 4 is 11.6 Å². The molecule has 0 saturated heterocycles. The van der Waals surface area contributed by atoms with Gasteiger partial charge in [0.15, 0.2) is 0 Å². The molecule has 1 N–H and O–H groups in total. The Hall–Kier alpha value is -1.38. The highest BCUT2D eigenvalue weighted by Gasteiger charge is 2.12. The molecule has 0 heterocycles. The lowest BCUT2D eigenvalue weighted by Gasteiger charge is -2.12. The molecule has 0 fully saturated rings. The van der Waals surface area contributed by atoms with Crippen molar-refractivity contribution in [3.05, 3.63) is 70.0 Å². The lowest BCUT2D eigenvalue weighted by Crippen LogP contribution is -2.00. The molecule has 1 atom stereocenters. The van der Waals surface area contributed by atoms with E-state index in [0.29, 0.717) is 5.56 Å². The number of halogens is 2. The number of benzene rings is 2. The molecular weight excluding hydrogens is 251 g/mol. The minimum Gasteiger partial charge on any atom is -0.384 e. The highest BCUT2D eigenvalue weighted by Crippen LogP contribution is 2.25. The Morgan fingerprint density at radius 2 is 1.78 bits per heavy atom. The van der Waals surface area contributed by atoms with E-state index in [1.54, 1.807) is 6.07 Å². The predicted octanol–water partition coefficient (Wildman–Crippen LogP) is 4.12. The Bertz CT molecular complexity index is 516. The molecule has 0 aliphatic heterocycles. The van der Waals surface area contributed by atoms with Crippen molar-refractivity contribution in [2.24, 2.45) is 0 Å². The number of aliphatic hydroxyl groups is 1. The molecule has 0 aromatic heterocycles. The van der Waals surface area contributed by atoms with Crippen LogP contribution in [0.25, 0.3) is 0 Å². The van der Waals surface area contributed by atoms with E-state index in [-0.39, 0.29) is 5.02 Å². The molecule has 1 unspecified atom stereocenters. The summed E-state index contributed by atoms with van der Waals surface area (Å²) in [6, 6.07) is 11.7. The third kappa shape index (κ3) is 2.89. The van der Waals surface area contributed by atoms with E-state index in [4.69, 9.17) is 11.6 Å². The molecule has 0 saturated carbocycles. The Morgan fingerprint density at radius 1 is 1.11 bits per heavy atom. The summed E-state index contributed by atoms with van der Waals surface area (Å²) >= 11 is 5.78. The molecule has 18 heavy (non-hydrogen) atoms. The van der Waals surface area contributed by atoms with Crippen LogP contribution in [0.1, 0.15) is 29.7 Å². The van der Waals surface area contributed by atoms with Crippen LogP contribution in [0.3, 0.4) is 0 Å². The molecule has 0 bridgehead atoms. The van der Waals surface area contributed by atoms with Crippen molar-refractivity contribution in [1.29, 1.82) is 0 Å². The van der Waals surface area contributed by atoms with Gasteiger partial charge in [-0.25, -0.2) is 4.39 Å². The van der Waals surface area contributed by atoms with Gasteiger partial charge in [-0.3, -0.25) is 0 Å². The number of aryl methyl sites for hydroxylation is 1. The van der Waals surface area contributed by atoms with E-state index in [0.717, 1.165) is 12.0 Å². The Kier molecular flexibility index (Phi) is 4.00. The van der Waals surface area contributed by atoms with Gasteiger partial charge in [0, 0.05) is 5.02 Å². The van der Waals surface area contributed by atoms with Crippen LogP contribution >= 0.6 is 11.6 Å². The second-order valence-corrected chi connectivity index (χ2v) is 4.64. The number of rotatable bonds is 3. The first kappa shape index (κ1) is 13.1. The first-order valence-electron chi connectivity index (χ1n) is 5.83. The van der Waals surface area contributed by atoms with Crippen LogP contribution in [0.5, 0.6) is 0 Å². The molecule has 2 aromatic carbocycles. The number of hydrogen-bond acceptors (Lipinski definition) is 1. The topological polar surface area (TPSA) is 20.2 Å². The quantitative estimate of drug-likeness (QED) is 0.884. The van der Waals surface area contributed by atoms with Gasteiger partial charge in [-0.1, -0.05) is 42.8 Å². The average Bonchev–Trinajstić information content (AvgIpc) is 2.37. The van der Waals surface area contributed by atoms with Crippen molar-refractivity contribution in [1.82, 2.24) is 0 Å². The molecule has 1 nitrogen and oxygen atoms in total. The summed E-state index contributed by atoms with van der Waals surface area (Å²) < 4.78 is 13.2. The van der Waals surface area contributed by atoms with Crippen LogP contribution in [0.2, 0.25) is 5.02 Å². The largest absolute Gasteiger partial charge is 0.384 e. The van der Waals surface area contributed by atoms with E-state index < -0.39 is 11.9 Å². The third-order valence-corrected chi connectivity index (χ3v) is 3.12. The van der Waals surface area contributed by atoms with Crippen LogP contribution in [0.4, 0.5) is 4.39 Å². The molecule has 0 radical (unpaired) electrons. The molecule has 0 aliphatic carbocycles. The maximum absolute atomic E-state index is 13.2. The zero-order valence-electron chi connectivity index (χ0n) is 10.0. The monoisotopic (exact) mass is 264 g/mol. The first-order chi connectivity index (χ1) is 8.60. The van der Waals surface area contributed by atoms with Gasteiger partial charge in [-0.05, 0) is 41.3 Å². The number of aliphatic hydroxyl groups excluding tert-OH is 1. The highest BCUT2D eigenvalue weighted by molar-refractivity contribution is 6.30. The second-order valence-electron chi connectivity index (χ2n) is 4.20. The van der Waals surface area contributed by atoms with Gasteiger partial charge >= 0.3 is 0 Å². The van der Waals surface area contributed by atoms with Crippen LogP contribution in [-0.2, 0) is 6.42 Å². The van der Waals surface area contributed by atoms with Crippen LogP contribution in [0.15, 0.2) is 42.5 Å². The van der Waals surface area contributed by atoms with Crippen LogP contribution < -0.4 is 0 Å². The van der Waals surface area contributed by atoms with Gasteiger partial charge in [-0.2, -0.15) is 0 Å². The highest BCUT2D eigenvalue weighted by atomic mass is 35.5. The lowest BCUT2D eigenvalue weighted by molar-refractivity contribution is 0.220. The van der Waals surface area contributed by atoms with Gasteiger partial charge in [0.05, 0.1) is 0 Å². The summed E-state index contributed by atoms with van der Waals surface area (Å²) in [5.74, 6) is -0.443. The first-order valence-corrected chi connectivity index (χ1v) is 6.21. The van der Waals surface area contributed by atoms with Gasteiger partial charge in [0.1, 0.15) is 11.9 Å². The zero-order chi connectivity index (χ0) is 13.1. The fraction of sp³-hybridized carbons (Fsp3) is 0.200. The van der Waals surface area contributed by atoms with Gasteiger partial charge in [-0.15, -0.1) is 0 Å². The SMILES string of the molecule is CCc1ccc(C(O)c2cc(F)cc(Cl)c2)cc1. The van der Waals surface area contributed by atoms with Gasteiger partial charge in [0.25, 0.3) is 0 Å². The van der Waals surface area contributed by atoms with E-state index in [1.807, 2.05) is 24.3 Å². The summed E-state index contributed by atoms with van der Waals surface area (Å²) in [6.45, 7) is 2.07. The minimum atomic E-state index is -0.857. The smallest absolute Gasteiger partial charge is 0.125 e. The lowest BCUT2D eigenvalue weighted by atomic mass is 10.00. The molecule has 0 spiro atoms. The van der Waals surface area contributed by atoms with Crippen molar-refractivity contribution in [3.63, 3.8) is 0 Å². The zero-order valence-corrected chi connectivity index (χ0v) is 10.8. The van der Waals surface area contributed by atoms with Crippen LogP contribution in [-0.4, -0.2) is 5.11 Å². The Labute approximate surface area is 111 Å². The van der Waals surface area contributed by atoms with Gasteiger partial charge in [0.2, 0.25) is 0 Å². The predicted molar refractivity (Wildman–Crippen MR) is 71.3 cm³/mol. The standard InChI is InChI=1S/C15H14ClFO/c1-2-10-3-5-11(6-4-10)15(18)12-7-13(16)9-14(17)8-12/h3-9,15,18H,2H2,1H3. The van der Waals surface area contributed by atoms with Crippen LogP contribution in [0, 0.1) is 5.82 Å². The molecule has 2 aromatic rings. The summed E-state index contributed by atoms with van der Waals surface area (Å²) in [7, 11) is 0. The molecule has 0 amide bonds. The normalized spacial score (nSPS) is 12.4. The summed E-state index contributed by atoms with van der Waals surface area (Å²) in [6.07, 6.45) is 0.0893. The maximum Gasteiger partial charge on any atom is 0.125 e. The van der Waals surface area contributed by atoms with E-state index >= 15 is 0 Å². The Morgan fingerprint density at radius 3 is 2.33 bits per heavy atom. The minimum absolute atomic E-state index is 0.286. The number of hydrogen-bond donors (Lipinski definition) is 1. The van der Waals surface area contributed by atoms with Gasteiger partial charge < -0.3 is 5.11 Å². The second kappa shape index (κ2) is 5.51. The maximum atomic E-state index is 13.2. The average molecular weight is 265 g/mol. The van der Waals surface area contributed by atoms with Crippen molar-refractivity contribution in [3.8, 4) is 0 Å². The summed E-state index contributed by atoms with van der Waals surface area (Å²) in [5, 5.41) is 10.5. The fourth-order valence-electron chi connectivity index (χ4n) is 1.86. The molecule has 0 aliphatic rings. The third-order valence-electron chi connectivity index (χ3n) is 2.90. The van der Waals surface area contributed by atoms with Crippen molar-refractivity contribution in [2.45, 2.75) is 19.4 Å². The molecule has 94 valence electrons. The molecule has 2 rings (SSSR count). The van der Waals surface area contributed by atoms with E-state index in [2.05, 4.69) is 6.92 Å². The summed E-state index contributed by atoms with van der Waals surface area (Å²) in [4.78, 5) is 0. The fourth-order valence-corrected chi connectivity index (χ4v) is 2.09. The van der Waals surface area contributed by atoms with E-state index in [1.165, 1.54) is 17.7 Å². The van der Waals surface area contributed by atoms with E-state index in [9.17, 15) is 9.50 Å². The van der Waals surface area contributed by atoms with Crippen molar-refractivity contribution in [2.75, 3.05) is 0 Å². The summed E-state index contributed by atoms with van der Waals surface area (Å²) in [5.41, 5.74) is 2.39. The molecule has 3 heteroatoms. The molecular formula is C15H14ClFO.